The Morgan fingerprint density at radius 1 is 1.33 bits per heavy atom. The molecule has 1 aliphatic carbocycles. The molecule has 1 amide bonds. The molecule has 2 aromatic rings. The summed E-state index contributed by atoms with van der Waals surface area (Å²) >= 11 is 5.91. The molecule has 0 N–H and O–H groups in total. The van der Waals surface area contributed by atoms with E-state index in [1.165, 1.54) is 0 Å². The molecular formula is C16H18ClN3O. The van der Waals surface area contributed by atoms with Gasteiger partial charge in [-0.15, -0.1) is 0 Å². The number of nitrogens with zero attached hydrogens (tertiary/aromatic N) is 3. The van der Waals surface area contributed by atoms with Crippen molar-refractivity contribution in [3.05, 3.63) is 47.1 Å². The van der Waals surface area contributed by atoms with Crippen molar-refractivity contribution in [2.75, 3.05) is 11.9 Å². The van der Waals surface area contributed by atoms with Crippen LogP contribution >= 0.6 is 11.6 Å². The first-order chi connectivity index (χ1) is 10.00. The fourth-order valence-corrected chi connectivity index (χ4v) is 2.78. The Labute approximate surface area is 129 Å². The smallest absolute Gasteiger partial charge is 0.234 e. The molecule has 0 saturated heterocycles. The van der Waals surface area contributed by atoms with Crippen LogP contribution in [0.1, 0.15) is 18.4 Å². The van der Waals surface area contributed by atoms with E-state index >= 15 is 0 Å². The van der Waals surface area contributed by atoms with Crippen LogP contribution in [0.2, 0.25) is 5.02 Å². The molecule has 0 radical (unpaired) electrons. The van der Waals surface area contributed by atoms with Gasteiger partial charge in [0.05, 0.1) is 5.41 Å². The number of anilines is 1. The molecule has 3 rings (SSSR count). The number of hydrogen-bond donors (Lipinski definition) is 0. The van der Waals surface area contributed by atoms with Gasteiger partial charge in [0.25, 0.3) is 0 Å². The van der Waals surface area contributed by atoms with Gasteiger partial charge in [-0.1, -0.05) is 23.7 Å². The van der Waals surface area contributed by atoms with Crippen LogP contribution in [0.5, 0.6) is 0 Å². The molecule has 1 heterocycles. The van der Waals surface area contributed by atoms with Crippen LogP contribution in [-0.2, 0) is 18.3 Å². The summed E-state index contributed by atoms with van der Waals surface area (Å²) in [6.45, 7) is 0. The van der Waals surface area contributed by atoms with Crippen molar-refractivity contribution in [2.24, 2.45) is 12.5 Å². The van der Waals surface area contributed by atoms with Crippen molar-refractivity contribution in [3.63, 3.8) is 0 Å². The van der Waals surface area contributed by atoms with Gasteiger partial charge in [-0.05, 0) is 37.0 Å². The topological polar surface area (TPSA) is 38.1 Å². The van der Waals surface area contributed by atoms with Gasteiger partial charge < -0.3 is 0 Å². The van der Waals surface area contributed by atoms with Crippen molar-refractivity contribution >= 4 is 23.3 Å². The molecule has 1 aromatic carbocycles. The maximum Gasteiger partial charge on any atom is 0.234 e. The molecule has 1 aliphatic rings. The molecule has 110 valence electrons. The second kappa shape index (κ2) is 5.19. The quantitative estimate of drug-likeness (QED) is 0.870. The third kappa shape index (κ3) is 2.81. The standard InChI is InChI=1S/C16H18ClN3O/c1-19-10-7-14(18-19)20(2)15(21)16(8-9-16)11-12-3-5-13(17)6-4-12/h3-7,10H,8-9,11H2,1-2H3. The minimum atomic E-state index is -0.264. The summed E-state index contributed by atoms with van der Waals surface area (Å²) in [6.07, 6.45) is 4.48. The van der Waals surface area contributed by atoms with Gasteiger partial charge in [0, 0.05) is 31.4 Å². The molecule has 0 spiro atoms. The Morgan fingerprint density at radius 3 is 2.52 bits per heavy atom. The maximum atomic E-state index is 12.8. The molecule has 1 saturated carbocycles. The highest BCUT2D eigenvalue weighted by atomic mass is 35.5. The zero-order valence-corrected chi connectivity index (χ0v) is 13.0. The van der Waals surface area contributed by atoms with E-state index in [2.05, 4.69) is 5.10 Å². The number of hydrogen-bond acceptors (Lipinski definition) is 2. The van der Waals surface area contributed by atoms with Crippen molar-refractivity contribution in [2.45, 2.75) is 19.3 Å². The first kappa shape index (κ1) is 14.1. The minimum Gasteiger partial charge on any atom is -0.298 e. The van der Waals surface area contributed by atoms with Gasteiger partial charge in [0.15, 0.2) is 5.82 Å². The number of rotatable bonds is 4. The summed E-state index contributed by atoms with van der Waals surface area (Å²) in [5.41, 5.74) is 0.889. The third-order valence-corrected chi connectivity index (χ3v) is 4.36. The van der Waals surface area contributed by atoms with Crippen LogP contribution in [0, 0.1) is 5.41 Å². The van der Waals surface area contributed by atoms with Crippen molar-refractivity contribution < 1.29 is 4.79 Å². The number of halogens is 1. The lowest BCUT2D eigenvalue weighted by atomic mass is 9.95. The maximum absolute atomic E-state index is 12.8. The van der Waals surface area contributed by atoms with E-state index in [4.69, 9.17) is 11.6 Å². The van der Waals surface area contributed by atoms with Crippen LogP contribution in [0.3, 0.4) is 0 Å². The molecule has 1 aromatic heterocycles. The van der Waals surface area contributed by atoms with E-state index in [9.17, 15) is 4.79 Å². The van der Waals surface area contributed by atoms with Crippen LogP contribution in [0.15, 0.2) is 36.5 Å². The molecule has 0 aliphatic heterocycles. The second-order valence-electron chi connectivity index (χ2n) is 5.80. The molecule has 1 fully saturated rings. The number of carbonyl (C=O) groups is 1. The average molecular weight is 304 g/mol. The van der Waals surface area contributed by atoms with Crippen LogP contribution in [0.4, 0.5) is 5.82 Å². The van der Waals surface area contributed by atoms with Crippen LogP contribution in [-0.4, -0.2) is 22.7 Å². The summed E-state index contributed by atoms with van der Waals surface area (Å²) in [5.74, 6) is 0.848. The molecule has 0 atom stereocenters. The first-order valence-corrected chi connectivity index (χ1v) is 7.40. The normalized spacial score (nSPS) is 15.8. The molecule has 0 bridgehead atoms. The van der Waals surface area contributed by atoms with E-state index in [-0.39, 0.29) is 11.3 Å². The Hall–Kier alpha value is -1.81. The lowest BCUT2D eigenvalue weighted by molar-refractivity contribution is -0.123. The largest absolute Gasteiger partial charge is 0.298 e. The predicted octanol–water partition coefficient (Wildman–Crippen LogP) is 3.06. The van der Waals surface area contributed by atoms with Crippen LogP contribution in [0.25, 0.3) is 0 Å². The minimum absolute atomic E-state index is 0.149. The number of amides is 1. The number of aromatic nitrogens is 2. The van der Waals surface area contributed by atoms with Gasteiger partial charge in [0.2, 0.25) is 5.91 Å². The molecule has 4 nitrogen and oxygen atoms in total. The molecule has 5 heteroatoms. The third-order valence-electron chi connectivity index (χ3n) is 4.11. The van der Waals surface area contributed by atoms with Gasteiger partial charge in [-0.3, -0.25) is 14.4 Å². The number of benzene rings is 1. The van der Waals surface area contributed by atoms with E-state index in [0.717, 1.165) is 29.8 Å². The summed E-state index contributed by atoms with van der Waals surface area (Å²) in [6, 6.07) is 9.60. The summed E-state index contributed by atoms with van der Waals surface area (Å²) in [5, 5.41) is 5.02. The van der Waals surface area contributed by atoms with Gasteiger partial charge in [0.1, 0.15) is 0 Å². The van der Waals surface area contributed by atoms with Gasteiger partial charge in [-0.2, -0.15) is 5.10 Å². The van der Waals surface area contributed by atoms with Gasteiger partial charge >= 0.3 is 0 Å². The zero-order chi connectivity index (χ0) is 15.0. The van der Waals surface area contributed by atoms with E-state index in [0.29, 0.717) is 5.82 Å². The Bertz CT molecular complexity index is 658. The van der Waals surface area contributed by atoms with E-state index in [1.807, 2.05) is 43.6 Å². The highest BCUT2D eigenvalue weighted by Gasteiger charge is 2.51. The Kier molecular flexibility index (Phi) is 3.49. The Balaban J connectivity index is 1.75. The summed E-state index contributed by atoms with van der Waals surface area (Å²) in [7, 11) is 3.65. The van der Waals surface area contributed by atoms with Crippen LogP contribution < -0.4 is 4.90 Å². The average Bonchev–Trinajstić information content (AvgIpc) is 3.13. The Morgan fingerprint density at radius 2 is 2.00 bits per heavy atom. The highest BCUT2D eigenvalue weighted by molar-refractivity contribution is 6.30. The number of aryl methyl sites for hydroxylation is 1. The molecule has 0 unspecified atom stereocenters. The zero-order valence-electron chi connectivity index (χ0n) is 12.2. The lowest BCUT2D eigenvalue weighted by Crippen LogP contribution is -2.35. The van der Waals surface area contributed by atoms with Crippen molar-refractivity contribution in [3.8, 4) is 0 Å². The lowest BCUT2D eigenvalue weighted by Gasteiger charge is -2.21. The summed E-state index contributed by atoms with van der Waals surface area (Å²) in [4.78, 5) is 14.4. The monoisotopic (exact) mass is 303 g/mol. The molecule has 21 heavy (non-hydrogen) atoms. The fraction of sp³-hybridized carbons (Fsp3) is 0.375. The van der Waals surface area contributed by atoms with E-state index < -0.39 is 0 Å². The number of carbonyl (C=O) groups excluding carboxylic acids is 1. The van der Waals surface area contributed by atoms with Gasteiger partial charge in [-0.25, -0.2) is 0 Å². The second-order valence-corrected chi connectivity index (χ2v) is 6.23. The molecular weight excluding hydrogens is 286 g/mol. The predicted molar refractivity (Wildman–Crippen MR) is 83.4 cm³/mol. The highest BCUT2D eigenvalue weighted by Crippen LogP contribution is 2.50. The SMILES string of the molecule is CN(C(=O)C1(Cc2ccc(Cl)cc2)CC1)c1ccn(C)n1. The fourth-order valence-electron chi connectivity index (χ4n) is 2.65. The summed E-state index contributed by atoms with van der Waals surface area (Å²) < 4.78 is 1.71. The van der Waals surface area contributed by atoms with E-state index in [1.54, 1.807) is 16.6 Å². The van der Waals surface area contributed by atoms with Crippen molar-refractivity contribution in [1.29, 1.82) is 0 Å². The van der Waals surface area contributed by atoms with Crippen molar-refractivity contribution in [1.82, 2.24) is 9.78 Å². The first-order valence-electron chi connectivity index (χ1n) is 7.02.